The van der Waals surface area contributed by atoms with Gasteiger partial charge in [0.1, 0.15) is 6.04 Å². The lowest BCUT2D eigenvalue weighted by Gasteiger charge is -2.20. The minimum absolute atomic E-state index is 0.0722. The molecule has 102 valence electrons. The van der Waals surface area contributed by atoms with Crippen LogP contribution in [0, 0.1) is 0 Å². The lowest BCUT2D eigenvalue weighted by atomic mass is 10.3. The predicted octanol–water partition coefficient (Wildman–Crippen LogP) is 3.34. The Morgan fingerprint density at radius 1 is 1.58 bits per heavy atom. The van der Waals surface area contributed by atoms with Crippen LogP contribution in [0.2, 0.25) is 0 Å². The Morgan fingerprint density at radius 3 is 3.00 bits per heavy atom. The summed E-state index contributed by atoms with van der Waals surface area (Å²) in [5, 5.41) is 3.94. The quantitative estimate of drug-likeness (QED) is 0.927. The van der Waals surface area contributed by atoms with Crippen molar-refractivity contribution in [3.8, 4) is 0 Å². The van der Waals surface area contributed by atoms with Gasteiger partial charge in [-0.1, -0.05) is 27.3 Å². The monoisotopic (exact) mass is 341 g/mol. The van der Waals surface area contributed by atoms with E-state index in [4.69, 9.17) is 0 Å². The number of hydrogen-bond acceptors (Lipinski definition) is 4. The number of likely N-dealkylation sites (N-methyl/N-ethyl adjacent to an activating group) is 1. The first-order valence-corrected chi connectivity index (χ1v) is 7.69. The Morgan fingerprint density at radius 2 is 2.32 bits per heavy atom. The fourth-order valence-corrected chi connectivity index (χ4v) is 3.20. The molecule has 4 nitrogen and oxygen atoms in total. The molecule has 2 rings (SSSR count). The number of benzene rings is 1. The van der Waals surface area contributed by atoms with E-state index in [0.29, 0.717) is 6.54 Å². The summed E-state index contributed by atoms with van der Waals surface area (Å²) >= 11 is 5.00. The van der Waals surface area contributed by atoms with Crippen LogP contribution in [0.1, 0.15) is 13.8 Å². The Balaban J connectivity index is 2.15. The first-order valence-electron chi connectivity index (χ1n) is 6.09. The largest absolute Gasteiger partial charge is 0.350 e. The van der Waals surface area contributed by atoms with Crippen molar-refractivity contribution < 1.29 is 4.79 Å². The second kappa shape index (κ2) is 5.88. The van der Waals surface area contributed by atoms with Gasteiger partial charge in [0.05, 0.1) is 10.2 Å². The smallest absolute Gasteiger partial charge is 0.244 e. The maximum absolute atomic E-state index is 12.0. The van der Waals surface area contributed by atoms with Crippen molar-refractivity contribution in [3.05, 3.63) is 22.7 Å². The molecular formula is C13H16BrN3OS. The lowest BCUT2D eigenvalue weighted by Crippen LogP contribution is -2.38. The number of nitrogens with zero attached hydrogens (tertiary/aromatic N) is 2. The van der Waals surface area contributed by atoms with Crippen molar-refractivity contribution in [1.82, 2.24) is 9.88 Å². The number of carbonyl (C=O) groups excluding carboxylic acids is 1. The molecule has 6 heteroatoms. The third kappa shape index (κ3) is 3.25. The molecule has 1 unspecified atom stereocenters. The van der Waals surface area contributed by atoms with E-state index in [9.17, 15) is 4.79 Å². The maximum Gasteiger partial charge on any atom is 0.244 e. The molecule has 0 aliphatic carbocycles. The molecule has 0 radical (unpaired) electrons. The number of aromatic nitrogens is 1. The molecule has 0 saturated heterocycles. The summed E-state index contributed by atoms with van der Waals surface area (Å²) in [6.07, 6.45) is 0. The Bertz CT molecular complexity index is 599. The Hall–Kier alpha value is -1.14. The molecule has 0 aliphatic rings. The first kappa shape index (κ1) is 14.3. The standard InChI is InChI=1S/C13H16BrN3OS/c1-4-17(3)12(18)8(2)15-13-16-10-6-5-9(14)7-11(10)19-13/h5-8H,4H2,1-3H3,(H,15,16). The van der Waals surface area contributed by atoms with Crippen LogP contribution in [0.25, 0.3) is 10.2 Å². The molecule has 0 spiro atoms. The molecule has 1 aromatic carbocycles. The second-order valence-corrected chi connectivity index (χ2v) is 6.30. The summed E-state index contributed by atoms with van der Waals surface area (Å²) in [6, 6.07) is 5.69. The molecule has 1 amide bonds. The number of thiazole rings is 1. The average molecular weight is 342 g/mol. The SMILES string of the molecule is CCN(C)C(=O)C(C)Nc1nc2ccc(Br)cc2s1. The summed E-state index contributed by atoms with van der Waals surface area (Å²) in [6.45, 7) is 4.52. The molecule has 1 atom stereocenters. The Labute approximate surface area is 125 Å². The van der Waals surface area contributed by atoms with Crippen molar-refractivity contribution in [2.24, 2.45) is 0 Å². The van der Waals surface area contributed by atoms with E-state index < -0.39 is 0 Å². The summed E-state index contributed by atoms with van der Waals surface area (Å²) in [5.41, 5.74) is 0.944. The first-order chi connectivity index (χ1) is 9.01. The third-order valence-electron chi connectivity index (χ3n) is 2.91. The van der Waals surface area contributed by atoms with Gasteiger partial charge in [0.15, 0.2) is 5.13 Å². The molecule has 1 N–H and O–H groups in total. The summed E-state index contributed by atoms with van der Waals surface area (Å²) in [4.78, 5) is 18.2. The second-order valence-electron chi connectivity index (χ2n) is 4.35. The van der Waals surface area contributed by atoms with Gasteiger partial charge in [0.2, 0.25) is 5.91 Å². The van der Waals surface area contributed by atoms with Crippen LogP contribution in [0.5, 0.6) is 0 Å². The zero-order valence-electron chi connectivity index (χ0n) is 11.1. The highest BCUT2D eigenvalue weighted by Gasteiger charge is 2.17. The minimum atomic E-state index is -0.269. The molecular weight excluding hydrogens is 326 g/mol. The molecule has 1 aromatic heterocycles. The van der Waals surface area contributed by atoms with E-state index in [1.165, 1.54) is 0 Å². The van der Waals surface area contributed by atoms with Crippen LogP contribution in [-0.2, 0) is 4.79 Å². The number of amides is 1. The zero-order valence-corrected chi connectivity index (χ0v) is 13.5. The number of halogens is 1. The van der Waals surface area contributed by atoms with Gasteiger partial charge in [-0.15, -0.1) is 0 Å². The number of rotatable bonds is 4. The van der Waals surface area contributed by atoms with Crippen molar-refractivity contribution in [2.75, 3.05) is 18.9 Å². The van der Waals surface area contributed by atoms with E-state index in [1.54, 1.807) is 23.3 Å². The highest BCUT2D eigenvalue weighted by Crippen LogP contribution is 2.28. The maximum atomic E-state index is 12.0. The summed E-state index contributed by atoms with van der Waals surface area (Å²) in [7, 11) is 1.80. The number of fused-ring (bicyclic) bond motifs is 1. The summed E-state index contributed by atoms with van der Waals surface area (Å²) in [5.74, 6) is 0.0722. The highest BCUT2D eigenvalue weighted by molar-refractivity contribution is 9.10. The fraction of sp³-hybridized carbons (Fsp3) is 0.385. The van der Waals surface area contributed by atoms with Gasteiger partial charge < -0.3 is 10.2 Å². The Kier molecular flexibility index (Phi) is 4.42. The fourth-order valence-electron chi connectivity index (χ4n) is 1.69. The van der Waals surface area contributed by atoms with Crippen LogP contribution >= 0.6 is 27.3 Å². The lowest BCUT2D eigenvalue weighted by molar-refractivity contribution is -0.130. The molecule has 19 heavy (non-hydrogen) atoms. The number of carbonyl (C=O) groups is 1. The molecule has 0 saturated carbocycles. The van der Waals surface area contributed by atoms with Crippen LogP contribution < -0.4 is 5.32 Å². The topological polar surface area (TPSA) is 45.2 Å². The van der Waals surface area contributed by atoms with E-state index >= 15 is 0 Å². The molecule has 0 fully saturated rings. The van der Waals surface area contributed by atoms with Gasteiger partial charge in [-0.3, -0.25) is 4.79 Å². The van der Waals surface area contributed by atoms with E-state index in [-0.39, 0.29) is 11.9 Å². The van der Waals surface area contributed by atoms with Crippen molar-refractivity contribution >= 4 is 48.5 Å². The molecule has 2 aromatic rings. The average Bonchev–Trinajstić information content (AvgIpc) is 2.77. The number of hydrogen-bond donors (Lipinski definition) is 1. The van der Waals surface area contributed by atoms with Crippen LogP contribution in [0.15, 0.2) is 22.7 Å². The van der Waals surface area contributed by atoms with Gasteiger partial charge in [-0.05, 0) is 32.0 Å². The van der Waals surface area contributed by atoms with Crippen molar-refractivity contribution in [2.45, 2.75) is 19.9 Å². The molecule has 1 heterocycles. The van der Waals surface area contributed by atoms with E-state index in [0.717, 1.165) is 19.8 Å². The van der Waals surface area contributed by atoms with Crippen LogP contribution in [-0.4, -0.2) is 35.4 Å². The van der Waals surface area contributed by atoms with Crippen LogP contribution in [0.3, 0.4) is 0 Å². The number of nitrogens with one attached hydrogen (secondary N) is 1. The van der Waals surface area contributed by atoms with E-state index in [1.807, 2.05) is 32.0 Å². The zero-order chi connectivity index (χ0) is 14.0. The van der Waals surface area contributed by atoms with Crippen LogP contribution in [0.4, 0.5) is 5.13 Å². The van der Waals surface area contributed by atoms with Crippen molar-refractivity contribution in [1.29, 1.82) is 0 Å². The van der Waals surface area contributed by atoms with Gasteiger partial charge in [0.25, 0.3) is 0 Å². The number of anilines is 1. The molecule has 0 aliphatic heterocycles. The van der Waals surface area contributed by atoms with Gasteiger partial charge >= 0.3 is 0 Å². The van der Waals surface area contributed by atoms with E-state index in [2.05, 4.69) is 26.2 Å². The minimum Gasteiger partial charge on any atom is -0.350 e. The normalized spacial score (nSPS) is 12.4. The predicted molar refractivity (Wildman–Crippen MR) is 83.7 cm³/mol. The highest BCUT2D eigenvalue weighted by atomic mass is 79.9. The van der Waals surface area contributed by atoms with Crippen molar-refractivity contribution in [3.63, 3.8) is 0 Å². The van der Waals surface area contributed by atoms with Gasteiger partial charge in [0, 0.05) is 18.1 Å². The molecule has 0 bridgehead atoms. The van der Waals surface area contributed by atoms with Gasteiger partial charge in [-0.25, -0.2) is 4.98 Å². The summed E-state index contributed by atoms with van der Waals surface area (Å²) < 4.78 is 2.13. The van der Waals surface area contributed by atoms with Gasteiger partial charge in [-0.2, -0.15) is 0 Å². The third-order valence-corrected chi connectivity index (χ3v) is 4.35.